The van der Waals surface area contributed by atoms with Gasteiger partial charge in [-0.3, -0.25) is 9.36 Å². The maximum atomic E-state index is 14.0. The van der Waals surface area contributed by atoms with Crippen molar-refractivity contribution in [3.05, 3.63) is 125 Å². The van der Waals surface area contributed by atoms with E-state index >= 15 is 0 Å². The Morgan fingerprint density at radius 3 is 2.57 bits per heavy atom. The molecule has 2 heterocycles. The van der Waals surface area contributed by atoms with Crippen LogP contribution in [0.5, 0.6) is 5.75 Å². The smallest absolute Gasteiger partial charge is 0.338 e. The molecule has 212 valence electrons. The zero-order valence-electron chi connectivity index (χ0n) is 23.1. The number of nitrogens with zero attached hydrogens (tertiary/aromatic N) is 3. The van der Waals surface area contributed by atoms with Gasteiger partial charge in [-0.1, -0.05) is 47.2 Å². The summed E-state index contributed by atoms with van der Waals surface area (Å²) >= 11 is 9.19. The van der Waals surface area contributed by atoms with E-state index in [0.29, 0.717) is 42.5 Å². The van der Waals surface area contributed by atoms with E-state index in [1.165, 1.54) is 11.3 Å². The number of halogens is 1. The summed E-state index contributed by atoms with van der Waals surface area (Å²) in [6.07, 6.45) is 3.73. The van der Waals surface area contributed by atoms with Crippen molar-refractivity contribution in [3.63, 3.8) is 0 Å². The summed E-state index contributed by atoms with van der Waals surface area (Å²) in [4.78, 5) is 33.3. The van der Waals surface area contributed by atoms with Gasteiger partial charge in [-0.15, -0.1) is 11.8 Å². The summed E-state index contributed by atoms with van der Waals surface area (Å²) in [5.41, 5.74) is 3.43. The third-order valence-electron chi connectivity index (χ3n) is 6.68. The summed E-state index contributed by atoms with van der Waals surface area (Å²) in [6.45, 7) is 3.98. The van der Waals surface area contributed by atoms with Crippen LogP contribution in [0.4, 0.5) is 0 Å². The van der Waals surface area contributed by atoms with E-state index < -0.39 is 12.0 Å². The number of rotatable bonds is 8. The van der Waals surface area contributed by atoms with Crippen molar-refractivity contribution in [2.45, 2.75) is 31.4 Å². The third-order valence-corrected chi connectivity index (χ3v) is 8.65. The molecular weight excluding hydrogens is 590 g/mol. The maximum Gasteiger partial charge on any atom is 0.338 e. The lowest BCUT2D eigenvalue weighted by Gasteiger charge is -2.24. The minimum Gasteiger partial charge on any atom is -0.488 e. The van der Waals surface area contributed by atoms with Crippen LogP contribution in [0.15, 0.2) is 92.7 Å². The number of thiazole rings is 1. The molecule has 0 unspecified atom stereocenters. The average Bonchev–Trinajstić information content (AvgIpc) is 3.30. The lowest BCUT2D eigenvalue weighted by Crippen LogP contribution is -2.39. The van der Waals surface area contributed by atoms with Crippen LogP contribution >= 0.6 is 34.7 Å². The third kappa shape index (κ3) is 6.07. The van der Waals surface area contributed by atoms with Crippen LogP contribution in [-0.4, -0.2) is 23.4 Å². The molecule has 1 aromatic heterocycles. The van der Waals surface area contributed by atoms with Gasteiger partial charge in [-0.25, -0.2) is 9.79 Å². The van der Waals surface area contributed by atoms with E-state index in [0.717, 1.165) is 16.0 Å². The fourth-order valence-corrected chi connectivity index (χ4v) is 6.26. The number of esters is 1. The lowest BCUT2D eigenvalue weighted by atomic mass is 9.96. The van der Waals surface area contributed by atoms with Crippen LogP contribution in [0.2, 0.25) is 5.02 Å². The van der Waals surface area contributed by atoms with E-state index in [4.69, 9.17) is 26.3 Å². The number of aromatic nitrogens is 1. The van der Waals surface area contributed by atoms with Crippen molar-refractivity contribution in [1.82, 2.24) is 4.57 Å². The second-order valence-corrected chi connectivity index (χ2v) is 11.7. The van der Waals surface area contributed by atoms with Crippen LogP contribution in [-0.2, 0) is 16.1 Å². The molecule has 0 amide bonds. The van der Waals surface area contributed by atoms with Gasteiger partial charge in [0.1, 0.15) is 12.4 Å². The van der Waals surface area contributed by atoms with E-state index in [1.54, 1.807) is 66.6 Å². The Morgan fingerprint density at radius 1 is 1.17 bits per heavy atom. The predicted molar refractivity (Wildman–Crippen MR) is 166 cm³/mol. The largest absolute Gasteiger partial charge is 0.488 e. The lowest BCUT2D eigenvalue weighted by molar-refractivity contribution is -0.139. The molecule has 10 heteroatoms. The number of benzene rings is 3. The van der Waals surface area contributed by atoms with Crippen molar-refractivity contribution in [2.75, 3.05) is 12.9 Å². The Balaban J connectivity index is 1.59. The SMILES string of the molecule is CCOC(=O)C1=C(C)N=c2s/c(=C\c3cc(Cl)ccc3OCc3ccc(C#N)cc3)c(=O)n2[C@H]1c1ccc(SC)cc1. The Kier molecular flexibility index (Phi) is 8.97. The second-order valence-electron chi connectivity index (χ2n) is 9.35. The van der Waals surface area contributed by atoms with E-state index in [-0.39, 0.29) is 18.8 Å². The Labute approximate surface area is 256 Å². The summed E-state index contributed by atoms with van der Waals surface area (Å²) < 4.78 is 13.5. The number of hydrogen-bond acceptors (Lipinski definition) is 8. The first kappa shape index (κ1) is 29.4. The number of carbonyl (C=O) groups is 1. The molecule has 0 spiro atoms. The minimum atomic E-state index is -0.690. The van der Waals surface area contributed by atoms with Gasteiger partial charge in [0.05, 0.1) is 40.1 Å². The van der Waals surface area contributed by atoms with Crippen molar-refractivity contribution in [1.29, 1.82) is 5.26 Å². The average molecular weight is 616 g/mol. The minimum absolute atomic E-state index is 0.207. The molecule has 42 heavy (non-hydrogen) atoms. The summed E-state index contributed by atoms with van der Waals surface area (Å²) in [6, 6.07) is 21.6. The molecule has 1 aliphatic heterocycles. The molecule has 0 saturated heterocycles. The number of thioether (sulfide) groups is 1. The highest BCUT2D eigenvalue weighted by atomic mass is 35.5. The molecule has 0 bridgehead atoms. The fraction of sp³-hybridized carbons (Fsp3) is 0.188. The number of carbonyl (C=O) groups excluding carboxylic acids is 1. The first-order valence-electron chi connectivity index (χ1n) is 13.1. The van der Waals surface area contributed by atoms with E-state index in [1.807, 2.05) is 42.7 Å². The molecule has 1 aliphatic rings. The van der Waals surface area contributed by atoms with E-state index in [9.17, 15) is 9.59 Å². The van der Waals surface area contributed by atoms with Gasteiger partial charge >= 0.3 is 5.97 Å². The van der Waals surface area contributed by atoms with Crippen molar-refractivity contribution < 1.29 is 14.3 Å². The summed E-state index contributed by atoms with van der Waals surface area (Å²) in [5, 5.41) is 9.54. The van der Waals surface area contributed by atoms with Crippen LogP contribution in [0, 0.1) is 11.3 Å². The van der Waals surface area contributed by atoms with Gasteiger partial charge in [0.15, 0.2) is 4.80 Å². The molecule has 1 atom stereocenters. The predicted octanol–water partition coefficient (Wildman–Crippen LogP) is 5.62. The van der Waals surface area contributed by atoms with Crippen molar-refractivity contribution >= 4 is 46.7 Å². The number of hydrogen-bond donors (Lipinski definition) is 0. The van der Waals surface area contributed by atoms with Crippen LogP contribution < -0.4 is 19.6 Å². The van der Waals surface area contributed by atoms with Gasteiger partial charge in [-0.2, -0.15) is 5.26 Å². The Bertz CT molecular complexity index is 1900. The fourth-order valence-electron chi connectivity index (χ4n) is 4.63. The molecule has 3 aromatic carbocycles. The van der Waals surface area contributed by atoms with Gasteiger partial charge in [-0.05, 0) is 79.8 Å². The standard InChI is InChI=1S/C32H26ClN3O4S2/c1-4-39-31(38)28-19(2)35-32-36(29(28)22-9-12-25(41-3)13-10-22)30(37)27(42-32)16-23-15-24(33)11-14-26(23)40-18-21-7-5-20(17-34)6-8-21/h5-16,29H,4,18H2,1-3H3/b27-16-/t29-/m0/s1. The van der Waals surface area contributed by atoms with Crippen molar-refractivity contribution in [3.8, 4) is 11.8 Å². The first-order valence-corrected chi connectivity index (χ1v) is 15.5. The highest BCUT2D eigenvalue weighted by molar-refractivity contribution is 7.98. The summed E-state index contributed by atoms with van der Waals surface area (Å²) in [7, 11) is 0. The van der Waals surface area contributed by atoms with Crippen molar-refractivity contribution in [2.24, 2.45) is 4.99 Å². The second kappa shape index (κ2) is 12.8. The zero-order valence-corrected chi connectivity index (χ0v) is 25.5. The van der Waals surface area contributed by atoms with Crippen LogP contribution in [0.1, 0.15) is 42.1 Å². The van der Waals surface area contributed by atoms with Crippen LogP contribution in [0.25, 0.3) is 6.08 Å². The van der Waals surface area contributed by atoms with Gasteiger partial charge in [0.25, 0.3) is 5.56 Å². The maximum absolute atomic E-state index is 14.0. The molecule has 0 saturated carbocycles. The topological polar surface area (TPSA) is 93.7 Å². The molecule has 7 nitrogen and oxygen atoms in total. The highest BCUT2D eigenvalue weighted by Crippen LogP contribution is 2.32. The molecule has 4 aromatic rings. The van der Waals surface area contributed by atoms with E-state index in [2.05, 4.69) is 11.1 Å². The molecule has 0 radical (unpaired) electrons. The van der Waals surface area contributed by atoms with Crippen LogP contribution in [0.3, 0.4) is 0 Å². The quantitative estimate of drug-likeness (QED) is 0.189. The van der Waals surface area contributed by atoms with Gasteiger partial charge < -0.3 is 9.47 Å². The number of allylic oxidation sites excluding steroid dienone is 1. The Hall–Kier alpha value is -4.10. The zero-order chi connectivity index (χ0) is 29.8. The normalized spacial score (nSPS) is 14.6. The first-order chi connectivity index (χ1) is 20.3. The molecule has 0 aliphatic carbocycles. The molecule has 0 fully saturated rings. The van der Waals surface area contributed by atoms with Gasteiger partial charge in [0.2, 0.25) is 0 Å². The number of fused-ring (bicyclic) bond motifs is 1. The molecular formula is C32H26ClN3O4S2. The Morgan fingerprint density at radius 2 is 1.90 bits per heavy atom. The highest BCUT2D eigenvalue weighted by Gasteiger charge is 2.33. The van der Waals surface area contributed by atoms with Gasteiger partial charge in [0, 0.05) is 15.5 Å². The monoisotopic (exact) mass is 615 g/mol. The molecule has 5 rings (SSSR count). The number of ether oxygens (including phenoxy) is 2. The molecule has 0 N–H and O–H groups in total. The summed E-state index contributed by atoms with van der Waals surface area (Å²) in [5.74, 6) is 0.0440. The number of nitriles is 1.